The Bertz CT molecular complexity index is 657. The van der Waals surface area contributed by atoms with Gasteiger partial charge in [-0.25, -0.2) is 0 Å². The molecule has 21 heavy (non-hydrogen) atoms. The second-order valence-corrected chi connectivity index (χ2v) is 6.42. The van der Waals surface area contributed by atoms with E-state index in [1.54, 1.807) is 6.07 Å². The number of benzene rings is 2. The SMILES string of the molecule is CC(C)c1ccc(-c2ccc(C=O)c(Cl)c2)c(C(C)C)c1. The van der Waals surface area contributed by atoms with Crippen LogP contribution in [-0.4, -0.2) is 6.29 Å². The maximum atomic E-state index is 10.9. The minimum absolute atomic E-state index is 0.434. The van der Waals surface area contributed by atoms with Crippen LogP contribution in [0.1, 0.15) is 61.0 Å². The third kappa shape index (κ3) is 3.36. The Hall–Kier alpha value is -1.60. The highest BCUT2D eigenvalue weighted by atomic mass is 35.5. The fourth-order valence-corrected chi connectivity index (χ4v) is 2.70. The summed E-state index contributed by atoms with van der Waals surface area (Å²) in [7, 11) is 0. The number of halogens is 1. The monoisotopic (exact) mass is 300 g/mol. The molecule has 0 heterocycles. The molecule has 0 aliphatic rings. The normalized spacial score (nSPS) is 11.2. The number of hydrogen-bond acceptors (Lipinski definition) is 1. The van der Waals surface area contributed by atoms with Gasteiger partial charge in [-0.1, -0.05) is 63.6 Å². The summed E-state index contributed by atoms with van der Waals surface area (Å²) in [6.07, 6.45) is 0.789. The van der Waals surface area contributed by atoms with E-state index in [2.05, 4.69) is 45.9 Å². The van der Waals surface area contributed by atoms with E-state index in [-0.39, 0.29) is 0 Å². The molecular formula is C19H21ClO. The van der Waals surface area contributed by atoms with E-state index < -0.39 is 0 Å². The molecule has 2 aromatic carbocycles. The van der Waals surface area contributed by atoms with Crippen LogP contribution in [0.3, 0.4) is 0 Å². The van der Waals surface area contributed by atoms with Crippen molar-refractivity contribution in [3.8, 4) is 11.1 Å². The van der Waals surface area contributed by atoms with Gasteiger partial charge in [0.05, 0.1) is 5.02 Å². The van der Waals surface area contributed by atoms with Crippen molar-refractivity contribution in [2.24, 2.45) is 0 Å². The predicted octanol–water partition coefficient (Wildman–Crippen LogP) is 6.07. The highest BCUT2D eigenvalue weighted by Gasteiger charge is 2.12. The van der Waals surface area contributed by atoms with Crippen molar-refractivity contribution in [2.75, 3.05) is 0 Å². The van der Waals surface area contributed by atoms with Gasteiger partial charge in [-0.15, -0.1) is 0 Å². The number of rotatable bonds is 4. The molecule has 2 heteroatoms. The van der Waals surface area contributed by atoms with Crippen LogP contribution in [0.25, 0.3) is 11.1 Å². The lowest BCUT2D eigenvalue weighted by Crippen LogP contribution is -1.97. The van der Waals surface area contributed by atoms with Crippen LogP contribution in [0, 0.1) is 0 Å². The summed E-state index contributed by atoms with van der Waals surface area (Å²) in [4.78, 5) is 10.9. The van der Waals surface area contributed by atoms with Crippen molar-refractivity contribution < 1.29 is 4.79 Å². The molecule has 0 radical (unpaired) electrons. The summed E-state index contributed by atoms with van der Waals surface area (Å²) < 4.78 is 0. The molecule has 0 atom stereocenters. The highest BCUT2D eigenvalue weighted by Crippen LogP contribution is 2.33. The van der Waals surface area contributed by atoms with Crippen molar-refractivity contribution in [3.63, 3.8) is 0 Å². The fourth-order valence-electron chi connectivity index (χ4n) is 2.47. The smallest absolute Gasteiger partial charge is 0.151 e. The standard InChI is InChI=1S/C19H21ClO/c1-12(2)14-7-8-17(18(9-14)13(3)4)15-5-6-16(11-21)19(20)10-15/h5-13H,1-4H3. The first kappa shape index (κ1) is 15.8. The summed E-state index contributed by atoms with van der Waals surface area (Å²) >= 11 is 6.16. The van der Waals surface area contributed by atoms with Gasteiger partial charge in [0.25, 0.3) is 0 Å². The Morgan fingerprint density at radius 3 is 2.19 bits per heavy atom. The molecule has 0 fully saturated rings. The van der Waals surface area contributed by atoms with Gasteiger partial charge in [0, 0.05) is 5.56 Å². The molecule has 0 aliphatic carbocycles. The topological polar surface area (TPSA) is 17.1 Å². The van der Waals surface area contributed by atoms with Gasteiger partial charge >= 0.3 is 0 Å². The Kier molecular flexibility index (Phi) is 4.84. The zero-order valence-corrected chi connectivity index (χ0v) is 13.7. The van der Waals surface area contributed by atoms with Crippen LogP contribution < -0.4 is 0 Å². The lowest BCUT2D eigenvalue weighted by atomic mass is 9.88. The number of carbonyl (C=O) groups is 1. The second kappa shape index (κ2) is 6.44. The summed E-state index contributed by atoms with van der Waals surface area (Å²) in [5, 5.41) is 0.505. The van der Waals surface area contributed by atoms with Gasteiger partial charge in [0.15, 0.2) is 6.29 Å². The molecule has 2 rings (SSSR count). The molecular weight excluding hydrogens is 280 g/mol. The van der Waals surface area contributed by atoms with Crippen LogP contribution in [0.4, 0.5) is 0 Å². The predicted molar refractivity (Wildman–Crippen MR) is 90.5 cm³/mol. The van der Waals surface area contributed by atoms with Crippen LogP contribution in [0.2, 0.25) is 5.02 Å². The zero-order valence-electron chi connectivity index (χ0n) is 13.0. The van der Waals surface area contributed by atoms with Crippen LogP contribution in [0.5, 0.6) is 0 Å². The molecule has 0 bridgehead atoms. The number of carbonyl (C=O) groups excluding carboxylic acids is 1. The van der Waals surface area contributed by atoms with E-state index in [0.29, 0.717) is 22.4 Å². The minimum Gasteiger partial charge on any atom is -0.298 e. The number of hydrogen-bond donors (Lipinski definition) is 0. The first-order valence-electron chi connectivity index (χ1n) is 7.33. The molecule has 0 saturated heterocycles. The van der Waals surface area contributed by atoms with Crippen molar-refractivity contribution in [3.05, 3.63) is 58.1 Å². The molecule has 0 amide bonds. The Labute approximate surface area is 132 Å². The van der Waals surface area contributed by atoms with Gasteiger partial charge in [0.2, 0.25) is 0 Å². The first-order chi connectivity index (χ1) is 9.93. The summed E-state index contributed by atoms with van der Waals surface area (Å²) in [5.74, 6) is 0.945. The third-order valence-corrected chi connectivity index (χ3v) is 4.13. The quantitative estimate of drug-likeness (QED) is 0.627. The van der Waals surface area contributed by atoms with Crippen molar-refractivity contribution in [2.45, 2.75) is 39.5 Å². The van der Waals surface area contributed by atoms with Crippen LogP contribution in [0.15, 0.2) is 36.4 Å². The second-order valence-electron chi connectivity index (χ2n) is 6.01. The van der Waals surface area contributed by atoms with Crippen molar-refractivity contribution in [1.29, 1.82) is 0 Å². The van der Waals surface area contributed by atoms with Crippen molar-refractivity contribution in [1.82, 2.24) is 0 Å². The average Bonchev–Trinajstić information content (AvgIpc) is 2.46. The van der Waals surface area contributed by atoms with Gasteiger partial charge in [-0.05, 0) is 46.2 Å². The third-order valence-electron chi connectivity index (χ3n) is 3.80. The molecule has 0 saturated carbocycles. The summed E-state index contributed by atoms with van der Waals surface area (Å²) in [5.41, 5.74) is 5.44. The maximum Gasteiger partial charge on any atom is 0.151 e. The van der Waals surface area contributed by atoms with Gasteiger partial charge in [-0.3, -0.25) is 4.79 Å². The van der Waals surface area contributed by atoms with Gasteiger partial charge in [0.1, 0.15) is 0 Å². The molecule has 0 unspecified atom stereocenters. The largest absolute Gasteiger partial charge is 0.298 e. The van der Waals surface area contributed by atoms with E-state index >= 15 is 0 Å². The summed E-state index contributed by atoms with van der Waals surface area (Å²) in [6.45, 7) is 8.80. The summed E-state index contributed by atoms with van der Waals surface area (Å²) in [6, 6.07) is 12.2. The van der Waals surface area contributed by atoms with Crippen LogP contribution in [-0.2, 0) is 0 Å². The average molecular weight is 301 g/mol. The Balaban J connectivity index is 2.57. The molecule has 0 aliphatic heterocycles. The molecule has 0 N–H and O–H groups in total. The van der Waals surface area contributed by atoms with E-state index in [1.165, 1.54) is 16.7 Å². The molecule has 2 aromatic rings. The van der Waals surface area contributed by atoms with Gasteiger partial charge in [-0.2, -0.15) is 0 Å². The van der Waals surface area contributed by atoms with E-state index in [0.717, 1.165) is 11.8 Å². The van der Waals surface area contributed by atoms with E-state index in [1.807, 2.05) is 12.1 Å². The minimum atomic E-state index is 0.434. The van der Waals surface area contributed by atoms with E-state index in [9.17, 15) is 4.79 Å². The Morgan fingerprint density at radius 2 is 1.67 bits per heavy atom. The lowest BCUT2D eigenvalue weighted by Gasteiger charge is -2.17. The molecule has 0 aromatic heterocycles. The molecule has 1 nitrogen and oxygen atoms in total. The Morgan fingerprint density at radius 1 is 0.952 bits per heavy atom. The fraction of sp³-hybridized carbons (Fsp3) is 0.316. The van der Waals surface area contributed by atoms with E-state index in [4.69, 9.17) is 11.6 Å². The van der Waals surface area contributed by atoms with Crippen molar-refractivity contribution >= 4 is 17.9 Å². The van der Waals surface area contributed by atoms with Gasteiger partial charge < -0.3 is 0 Å². The maximum absolute atomic E-state index is 10.9. The number of aldehydes is 1. The lowest BCUT2D eigenvalue weighted by molar-refractivity contribution is 0.112. The first-order valence-corrected chi connectivity index (χ1v) is 7.70. The molecule has 110 valence electrons. The zero-order chi connectivity index (χ0) is 15.6. The highest BCUT2D eigenvalue weighted by molar-refractivity contribution is 6.33. The van der Waals surface area contributed by atoms with Crippen LogP contribution >= 0.6 is 11.6 Å². The molecule has 0 spiro atoms.